The summed E-state index contributed by atoms with van der Waals surface area (Å²) in [5.74, 6) is 0.416. The Bertz CT molecular complexity index is 199. The van der Waals surface area contributed by atoms with Gasteiger partial charge in [0, 0.05) is 0 Å². The average Bonchev–Trinajstić information content (AvgIpc) is 2.10. The van der Waals surface area contributed by atoms with Crippen molar-refractivity contribution >= 4 is 0 Å². The van der Waals surface area contributed by atoms with Gasteiger partial charge >= 0.3 is 0 Å². The van der Waals surface area contributed by atoms with Gasteiger partial charge in [0.05, 0.1) is 0 Å². The first kappa shape index (κ1) is 10.9. The van der Waals surface area contributed by atoms with E-state index in [9.17, 15) is 0 Å². The SMILES string of the molecule is C=C/C=C\C(=C)/C=C/C(C)CN. The molecule has 0 radical (unpaired) electrons. The zero-order valence-corrected chi connectivity index (χ0v) is 7.66. The van der Waals surface area contributed by atoms with Crippen LogP contribution in [0.1, 0.15) is 6.92 Å². The molecule has 1 nitrogen and oxygen atoms in total. The van der Waals surface area contributed by atoms with E-state index in [1.165, 1.54) is 0 Å². The highest BCUT2D eigenvalue weighted by Crippen LogP contribution is 2.00. The first-order valence-corrected chi connectivity index (χ1v) is 4.07. The number of hydrogen-bond donors (Lipinski definition) is 1. The molecule has 66 valence electrons. The molecule has 0 fully saturated rings. The van der Waals surface area contributed by atoms with E-state index in [2.05, 4.69) is 26.2 Å². The van der Waals surface area contributed by atoms with Crippen LogP contribution in [0.4, 0.5) is 0 Å². The Morgan fingerprint density at radius 3 is 2.67 bits per heavy atom. The van der Waals surface area contributed by atoms with Crippen LogP contribution in [0.15, 0.2) is 49.1 Å². The van der Waals surface area contributed by atoms with Gasteiger partial charge in [-0.15, -0.1) is 0 Å². The summed E-state index contributed by atoms with van der Waals surface area (Å²) in [5.41, 5.74) is 6.41. The van der Waals surface area contributed by atoms with Gasteiger partial charge in [0.25, 0.3) is 0 Å². The Morgan fingerprint density at radius 1 is 1.50 bits per heavy atom. The van der Waals surface area contributed by atoms with Crippen LogP contribution >= 0.6 is 0 Å². The van der Waals surface area contributed by atoms with E-state index in [-0.39, 0.29) is 0 Å². The molecule has 1 unspecified atom stereocenters. The van der Waals surface area contributed by atoms with Crippen LogP contribution < -0.4 is 5.73 Å². The molecular weight excluding hydrogens is 146 g/mol. The molecule has 0 aromatic heterocycles. The summed E-state index contributed by atoms with van der Waals surface area (Å²) >= 11 is 0. The summed E-state index contributed by atoms with van der Waals surface area (Å²) in [6.07, 6.45) is 9.52. The van der Waals surface area contributed by atoms with E-state index < -0.39 is 0 Å². The fraction of sp³-hybridized carbons (Fsp3) is 0.273. The van der Waals surface area contributed by atoms with Crippen molar-refractivity contribution in [3.05, 3.63) is 49.1 Å². The Kier molecular flexibility index (Phi) is 6.02. The van der Waals surface area contributed by atoms with Gasteiger partial charge in [-0.2, -0.15) is 0 Å². The predicted molar refractivity (Wildman–Crippen MR) is 55.8 cm³/mol. The molecule has 0 heterocycles. The minimum atomic E-state index is 0.416. The molecule has 0 rings (SSSR count). The van der Waals surface area contributed by atoms with Crippen molar-refractivity contribution < 1.29 is 0 Å². The second-order valence-electron chi connectivity index (χ2n) is 2.74. The van der Waals surface area contributed by atoms with E-state index >= 15 is 0 Å². The van der Waals surface area contributed by atoms with Crippen molar-refractivity contribution in [3.8, 4) is 0 Å². The molecule has 0 amide bonds. The Balaban J connectivity index is 3.90. The molecule has 0 bridgehead atoms. The molecule has 1 atom stereocenters. The highest BCUT2D eigenvalue weighted by molar-refractivity contribution is 5.29. The van der Waals surface area contributed by atoms with Gasteiger partial charge in [0.1, 0.15) is 0 Å². The van der Waals surface area contributed by atoms with Crippen LogP contribution in [0.25, 0.3) is 0 Å². The number of allylic oxidation sites excluding steroid dienone is 5. The molecule has 0 aliphatic rings. The zero-order chi connectivity index (χ0) is 9.40. The topological polar surface area (TPSA) is 26.0 Å². The first-order valence-electron chi connectivity index (χ1n) is 4.07. The van der Waals surface area contributed by atoms with E-state index in [0.29, 0.717) is 12.5 Å². The van der Waals surface area contributed by atoms with Crippen molar-refractivity contribution in [1.82, 2.24) is 0 Å². The van der Waals surface area contributed by atoms with E-state index in [1.54, 1.807) is 6.08 Å². The quantitative estimate of drug-likeness (QED) is 0.619. The number of hydrogen-bond acceptors (Lipinski definition) is 1. The normalized spacial score (nSPS) is 13.8. The second-order valence-corrected chi connectivity index (χ2v) is 2.74. The van der Waals surface area contributed by atoms with Gasteiger partial charge in [-0.25, -0.2) is 0 Å². The van der Waals surface area contributed by atoms with Crippen molar-refractivity contribution in [3.63, 3.8) is 0 Å². The summed E-state index contributed by atoms with van der Waals surface area (Å²) in [4.78, 5) is 0. The summed E-state index contributed by atoms with van der Waals surface area (Å²) < 4.78 is 0. The molecule has 2 N–H and O–H groups in total. The minimum absolute atomic E-state index is 0.416. The molecule has 0 aliphatic carbocycles. The van der Waals surface area contributed by atoms with Gasteiger partial charge in [-0.3, -0.25) is 0 Å². The van der Waals surface area contributed by atoms with E-state index in [4.69, 9.17) is 5.73 Å². The third kappa shape index (κ3) is 5.69. The number of nitrogens with two attached hydrogens (primary N) is 1. The van der Waals surface area contributed by atoms with Gasteiger partial charge in [-0.05, 0) is 18.0 Å². The van der Waals surface area contributed by atoms with Crippen molar-refractivity contribution in [2.75, 3.05) is 6.54 Å². The predicted octanol–water partition coefficient (Wildman–Crippen LogP) is 2.44. The van der Waals surface area contributed by atoms with Crippen molar-refractivity contribution in [2.24, 2.45) is 11.7 Å². The average molecular weight is 163 g/mol. The van der Waals surface area contributed by atoms with E-state index in [0.717, 1.165) is 5.57 Å². The van der Waals surface area contributed by atoms with Crippen LogP contribution in [-0.2, 0) is 0 Å². The standard InChI is InChI=1S/C11H17N/c1-4-5-6-10(2)7-8-11(3)9-12/h4-8,11H,1-2,9,12H2,3H3/b6-5-,8-7+. The smallest absolute Gasteiger partial charge is 0.00167 e. The molecule has 0 saturated carbocycles. The molecular formula is C11H17N. The lowest BCUT2D eigenvalue weighted by atomic mass is 10.1. The molecule has 0 aromatic carbocycles. The highest BCUT2D eigenvalue weighted by atomic mass is 14.5. The van der Waals surface area contributed by atoms with Crippen LogP contribution in [0.5, 0.6) is 0 Å². The maximum absolute atomic E-state index is 5.44. The minimum Gasteiger partial charge on any atom is -0.330 e. The van der Waals surface area contributed by atoms with Crippen LogP contribution in [0, 0.1) is 5.92 Å². The Hall–Kier alpha value is -1.08. The fourth-order valence-corrected chi connectivity index (χ4v) is 0.614. The van der Waals surface area contributed by atoms with Crippen LogP contribution in [-0.4, -0.2) is 6.54 Å². The lowest BCUT2D eigenvalue weighted by Crippen LogP contribution is -2.07. The zero-order valence-electron chi connectivity index (χ0n) is 7.66. The largest absolute Gasteiger partial charge is 0.330 e. The Labute approximate surface area is 75.0 Å². The lowest BCUT2D eigenvalue weighted by Gasteiger charge is -1.98. The van der Waals surface area contributed by atoms with Crippen molar-refractivity contribution in [1.29, 1.82) is 0 Å². The number of rotatable bonds is 5. The molecule has 12 heavy (non-hydrogen) atoms. The lowest BCUT2D eigenvalue weighted by molar-refractivity contribution is 0.740. The highest BCUT2D eigenvalue weighted by Gasteiger charge is 1.89. The van der Waals surface area contributed by atoms with Crippen LogP contribution in [0.2, 0.25) is 0 Å². The summed E-state index contributed by atoms with van der Waals surface area (Å²) in [5, 5.41) is 0. The monoisotopic (exact) mass is 163 g/mol. The summed E-state index contributed by atoms with van der Waals surface area (Å²) in [6.45, 7) is 10.2. The molecule has 0 spiro atoms. The van der Waals surface area contributed by atoms with Gasteiger partial charge < -0.3 is 5.73 Å². The molecule has 0 saturated heterocycles. The van der Waals surface area contributed by atoms with Crippen molar-refractivity contribution in [2.45, 2.75) is 6.92 Å². The molecule has 1 heteroatoms. The van der Waals surface area contributed by atoms with Gasteiger partial charge in [-0.1, -0.05) is 50.5 Å². The molecule has 0 aliphatic heterocycles. The second kappa shape index (κ2) is 6.62. The van der Waals surface area contributed by atoms with Gasteiger partial charge in [0.15, 0.2) is 0 Å². The van der Waals surface area contributed by atoms with E-state index in [1.807, 2.05) is 18.2 Å². The maximum Gasteiger partial charge on any atom is -0.00167 e. The fourth-order valence-electron chi connectivity index (χ4n) is 0.614. The molecule has 0 aromatic rings. The Morgan fingerprint density at radius 2 is 2.17 bits per heavy atom. The maximum atomic E-state index is 5.44. The van der Waals surface area contributed by atoms with Crippen LogP contribution in [0.3, 0.4) is 0 Å². The summed E-state index contributed by atoms with van der Waals surface area (Å²) in [7, 11) is 0. The summed E-state index contributed by atoms with van der Waals surface area (Å²) in [6, 6.07) is 0. The third-order valence-corrected chi connectivity index (χ3v) is 1.46. The van der Waals surface area contributed by atoms with Gasteiger partial charge in [0.2, 0.25) is 0 Å². The third-order valence-electron chi connectivity index (χ3n) is 1.46. The first-order chi connectivity index (χ1) is 5.70.